The second-order valence-electron chi connectivity index (χ2n) is 5.01. The van der Waals surface area contributed by atoms with Gasteiger partial charge in [0.1, 0.15) is 6.04 Å². The fourth-order valence-electron chi connectivity index (χ4n) is 2.78. The Balaban J connectivity index is 2.06. The molecule has 2 fully saturated rings. The predicted molar refractivity (Wildman–Crippen MR) is 60.6 cm³/mol. The lowest BCUT2D eigenvalue weighted by Gasteiger charge is -2.27. The Morgan fingerprint density at radius 1 is 1.31 bits per heavy atom. The molecule has 0 unspecified atom stereocenters. The first-order valence-electron chi connectivity index (χ1n) is 6.11. The Morgan fingerprint density at radius 3 is 2.62 bits per heavy atom. The number of nitrogens with zero attached hydrogens (tertiary/aromatic N) is 2. The summed E-state index contributed by atoms with van der Waals surface area (Å²) in [6.45, 7) is 4.14. The van der Waals surface area contributed by atoms with Crippen molar-refractivity contribution >= 4 is 5.91 Å². The molecule has 0 saturated carbocycles. The van der Waals surface area contributed by atoms with Crippen LogP contribution in [0.2, 0.25) is 0 Å². The van der Waals surface area contributed by atoms with Gasteiger partial charge in [-0.25, -0.2) is 0 Å². The molecule has 2 saturated heterocycles. The maximum absolute atomic E-state index is 12.3. The summed E-state index contributed by atoms with van der Waals surface area (Å²) in [4.78, 5) is 14.1. The van der Waals surface area contributed by atoms with E-state index in [1.165, 1.54) is 0 Å². The molecule has 0 aromatic rings. The van der Waals surface area contributed by atoms with Crippen LogP contribution in [0.3, 0.4) is 0 Å². The van der Waals surface area contributed by atoms with E-state index in [4.69, 9.17) is 5.26 Å². The molecule has 0 aliphatic carbocycles. The van der Waals surface area contributed by atoms with Gasteiger partial charge in [-0.3, -0.25) is 4.79 Å². The zero-order valence-corrected chi connectivity index (χ0v) is 9.94. The highest BCUT2D eigenvalue weighted by atomic mass is 16.2. The van der Waals surface area contributed by atoms with Crippen molar-refractivity contribution in [3.8, 4) is 6.07 Å². The molecule has 2 heterocycles. The Morgan fingerprint density at radius 2 is 2.06 bits per heavy atom. The number of amides is 1. The van der Waals surface area contributed by atoms with Gasteiger partial charge in [-0.05, 0) is 39.5 Å². The van der Waals surface area contributed by atoms with Gasteiger partial charge in [-0.2, -0.15) is 5.26 Å². The maximum Gasteiger partial charge on any atom is 0.241 e. The first-order valence-corrected chi connectivity index (χ1v) is 6.11. The van der Waals surface area contributed by atoms with Crippen LogP contribution >= 0.6 is 0 Å². The Bertz CT molecular complexity index is 323. The molecule has 2 rings (SSSR count). The molecule has 16 heavy (non-hydrogen) atoms. The van der Waals surface area contributed by atoms with Gasteiger partial charge < -0.3 is 10.2 Å². The predicted octanol–water partition coefficient (Wildman–Crippen LogP) is 1.03. The van der Waals surface area contributed by atoms with Crippen molar-refractivity contribution in [1.29, 1.82) is 5.26 Å². The molecule has 0 radical (unpaired) electrons. The molecule has 0 aromatic heterocycles. The third kappa shape index (κ3) is 1.92. The molecule has 0 bridgehead atoms. The van der Waals surface area contributed by atoms with Crippen molar-refractivity contribution < 1.29 is 4.79 Å². The standard InChI is InChI=1S/C12H19N3O/c1-8-3-6-11(14-8)12(16)15-9(2)4-5-10(15)7-13/h8-11,14H,3-6H2,1-2H3/t8-,9-,10-,11+/m0/s1. The summed E-state index contributed by atoms with van der Waals surface area (Å²) in [5, 5.41) is 12.3. The normalized spacial score (nSPS) is 38.7. The van der Waals surface area contributed by atoms with E-state index >= 15 is 0 Å². The lowest BCUT2D eigenvalue weighted by molar-refractivity contribution is -0.134. The van der Waals surface area contributed by atoms with Crippen LogP contribution in [0.5, 0.6) is 0 Å². The average molecular weight is 221 g/mol. The highest BCUT2D eigenvalue weighted by Crippen LogP contribution is 2.26. The fourth-order valence-corrected chi connectivity index (χ4v) is 2.78. The SMILES string of the molecule is C[C@H]1CC[C@H](C(=O)N2[C@H](C#N)CC[C@@H]2C)N1. The van der Waals surface area contributed by atoms with Gasteiger partial charge in [0.25, 0.3) is 0 Å². The van der Waals surface area contributed by atoms with Gasteiger partial charge in [0, 0.05) is 12.1 Å². The van der Waals surface area contributed by atoms with E-state index in [9.17, 15) is 4.79 Å². The van der Waals surface area contributed by atoms with Crippen molar-refractivity contribution in [2.24, 2.45) is 0 Å². The van der Waals surface area contributed by atoms with Gasteiger partial charge in [0.2, 0.25) is 5.91 Å². The van der Waals surface area contributed by atoms with Crippen LogP contribution in [0.1, 0.15) is 39.5 Å². The van der Waals surface area contributed by atoms with Crippen LogP contribution in [0, 0.1) is 11.3 Å². The molecule has 88 valence electrons. The monoisotopic (exact) mass is 221 g/mol. The summed E-state index contributed by atoms with van der Waals surface area (Å²) in [6.07, 6.45) is 3.73. The number of carbonyl (C=O) groups is 1. The summed E-state index contributed by atoms with van der Waals surface area (Å²) in [5.74, 6) is 0.126. The minimum absolute atomic E-state index is 0.0635. The summed E-state index contributed by atoms with van der Waals surface area (Å²) in [6, 6.07) is 2.61. The van der Waals surface area contributed by atoms with E-state index in [1.807, 2.05) is 6.92 Å². The molecule has 4 nitrogen and oxygen atoms in total. The number of nitrogens with one attached hydrogen (secondary N) is 1. The van der Waals surface area contributed by atoms with Crippen LogP contribution in [0.25, 0.3) is 0 Å². The molecule has 1 N–H and O–H groups in total. The van der Waals surface area contributed by atoms with E-state index in [-0.39, 0.29) is 24.0 Å². The first-order chi connectivity index (χ1) is 7.63. The summed E-state index contributed by atoms with van der Waals surface area (Å²) in [5.41, 5.74) is 0. The van der Waals surface area contributed by atoms with Gasteiger partial charge in [-0.15, -0.1) is 0 Å². The van der Waals surface area contributed by atoms with Gasteiger partial charge >= 0.3 is 0 Å². The molecule has 2 aliphatic heterocycles. The van der Waals surface area contributed by atoms with E-state index < -0.39 is 0 Å². The number of carbonyl (C=O) groups excluding carboxylic acids is 1. The zero-order chi connectivity index (χ0) is 11.7. The van der Waals surface area contributed by atoms with Crippen LogP contribution < -0.4 is 5.32 Å². The molecule has 2 aliphatic rings. The molecule has 4 atom stereocenters. The van der Waals surface area contributed by atoms with Gasteiger partial charge in [0.05, 0.1) is 12.1 Å². The van der Waals surface area contributed by atoms with Crippen molar-refractivity contribution in [2.45, 2.75) is 63.7 Å². The number of nitriles is 1. The lowest BCUT2D eigenvalue weighted by atomic mass is 10.1. The fraction of sp³-hybridized carbons (Fsp3) is 0.833. The van der Waals surface area contributed by atoms with Crippen molar-refractivity contribution in [3.05, 3.63) is 0 Å². The van der Waals surface area contributed by atoms with Gasteiger partial charge in [-0.1, -0.05) is 0 Å². The highest BCUT2D eigenvalue weighted by Gasteiger charge is 2.39. The van der Waals surface area contributed by atoms with E-state index in [2.05, 4.69) is 18.3 Å². The zero-order valence-electron chi connectivity index (χ0n) is 9.94. The first kappa shape index (κ1) is 11.4. The number of hydrogen-bond acceptors (Lipinski definition) is 3. The van der Waals surface area contributed by atoms with E-state index in [0.717, 1.165) is 25.7 Å². The number of hydrogen-bond donors (Lipinski definition) is 1. The van der Waals surface area contributed by atoms with Crippen LogP contribution in [0.15, 0.2) is 0 Å². The summed E-state index contributed by atoms with van der Waals surface area (Å²) < 4.78 is 0. The van der Waals surface area contributed by atoms with Crippen molar-refractivity contribution in [1.82, 2.24) is 10.2 Å². The average Bonchev–Trinajstić information content (AvgIpc) is 2.83. The van der Waals surface area contributed by atoms with Crippen molar-refractivity contribution in [2.75, 3.05) is 0 Å². The largest absolute Gasteiger partial charge is 0.323 e. The minimum atomic E-state index is -0.208. The summed E-state index contributed by atoms with van der Waals surface area (Å²) in [7, 11) is 0. The van der Waals surface area contributed by atoms with Crippen molar-refractivity contribution in [3.63, 3.8) is 0 Å². The molecular weight excluding hydrogens is 202 g/mol. The third-order valence-electron chi connectivity index (χ3n) is 3.74. The molecule has 0 spiro atoms. The molecule has 0 aromatic carbocycles. The smallest absolute Gasteiger partial charge is 0.241 e. The quantitative estimate of drug-likeness (QED) is 0.719. The maximum atomic E-state index is 12.3. The third-order valence-corrected chi connectivity index (χ3v) is 3.74. The number of likely N-dealkylation sites (tertiary alicyclic amines) is 1. The van der Waals surface area contributed by atoms with Gasteiger partial charge in [0.15, 0.2) is 0 Å². The molecular formula is C12H19N3O. The summed E-state index contributed by atoms with van der Waals surface area (Å²) >= 11 is 0. The highest BCUT2D eigenvalue weighted by molar-refractivity contribution is 5.83. The minimum Gasteiger partial charge on any atom is -0.323 e. The topological polar surface area (TPSA) is 56.1 Å². The van der Waals surface area contributed by atoms with E-state index in [0.29, 0.717) is 6.04 Å². The van der Waals surface area contributed by atoms with Crippen LogP contribution in [-0.4, -0.2) is 35.0 Å². The molecule has 4 heteroatoms. The second-order valence-corrected chi connectivity index (χ2v) is 5.01. The Hall–Kier alpha value is -1.08. The van der Waals surface area contributed by atoms with Crippen LogP contribution in [0.4, 0.5) is 0 Å². The van der Waals surface area contributed by atoms with E-state index in [1.54, 1.807) is 4.90 Å². The Labute approximate surface area is 96.6 Å². The lowest BCUT2D eigenvalue weighted by Crippen LogP contribution is -2.49. The number of rotatable bonds is 1. The van der Waals surface area contributed by atoms with Crippen LogP contribution in [-0.2, 0) is 4.79 Å². The Kier molecular flexibility index (Phi) is 3.15. The second kappa shape index (κ2) is 4.42. The molecule has 1 amide bonds.